The fourth-order valence-electron chi connectivity index (χ4n) is 5.27. The number of primary amides is 1. The van der Waals surface area contributed by atoms with Crippen molar-refractivity contribution in [3.8, 4) is 16.8 Å². The standard InChI is InChI=1S/C30H27N5O3/c31-30(38)21-5-3-6-23(14-21)35-18-33-26-15-32-27(29(37)28(26)35)20-10-8-19(9-11-20)25-7-2-1-4-22(25)16-34-13-12-24(36)17-34/h1-11,14-15,18,24,27,36H,12-13,16-17H2,(H2,31,38)/t24-,27?/m0/s1. The Kier molecular flexibility index (Phi) is 6.19. The molecule has 8 nitrogen and oxygen atoms in total. The molecular formula is C30H27N5O3. The average Bonchev–Trinajstić information content (AvgIpc) is 3.56. The van der Waals surface area contributed by atoms with Crippen LogP contribution in [0.4, 0.5) is 0 Å². The summed E-state index contributed by atoms with van der Waals surface area (Å²) in [6.07, 6.45) is 3.75. The molecule has 4 aromatic rings. The third kappa shape index (κ3) is 4.44. The molecule has 0 bridgehead atoms. The van der Waals surface area contributed by atoms with Crippen LogP contribution in [0.5, 0.6) is 0 Å². The van der Waals surface area contributed by atoms with Crippen molar-refractivity contribution in [1.82, 2.24) is 14.5 Å². The van der Waals surface area contributed by atoms with Crippen LogP contribution >= 0.6 is 0 Å². The molecule has 1 amide bonds. The molecule has 190 valence electrons. The molecule has 6 rings (SSSR count). The lowest BCUT2D eigenvalue weighted by molar-refractivity contribution is 0.0952. The Bertz CT molecular complexity index is 1560. The average molecular weight is 506 g/mol. The molecule has 1 saturated heterocycles. The zero-order chi connectivity index (χ0) is 26.2. The van der Waals surface area contributed by atoms with Crippen LogP contribution in [0.1, 0.15) is 50.1 Å². The molecule has 3 N–H and O–H groups in total. The summed E-state index contributed by atoms with van der Waals surface area (Å²) >= 11 is 0. The number of likely N-dealkylation sites (tertiary alicyclic amines) is 1. The van der Waals surface area contributed by atoms with Gasteiger partial charge in [0.1, 0.15) is 23.8 Å². The number of rotatable bonds is 6. The van der Waals surface area contributed by atoms with Crippen LogP contribution in [0.3, 0.4) is 0 Å². The highest BCUT2D eigenvalue weighted by atomic mass is 16.3. The lowest BCUT2D eigenvalue weighted by Crippen LogP contribution is -2.21. The molecular weight excluding hydrogens is 478 g/mol. The second-order valence-electron chi connectivity index (χ2n) is 9.76. The van der Waals surface area contributed by atoms with Crippen LogP contribution in [0, 0.1) is 0 Å². The van der Waals surface area contributed by atoms with Gasteiger partial charge in [0.05, 0.1) is 12.3 Å². The molecule has 8 heteroatoms. The predicted molar refractivity (Wildman–Crippen MR) is 145 cm³/mol. The molecule has 2 atom stereocenters. The van der Waals surface area contributed by atoms with E-state index in [4.69, 9.17) is 5.73 Å². The second-order valence-corrected chi connectivity index (χ2v) is 9.76. The summed E-state index contributed by atoms with van der Waals surface area (Å²) in [7, 11) is 0. The number of aromatic nitrogens is 2. The molecule has 2 aliphatic rings. The van der Waals surface area contributed by atoms with E-state index in [1.165, 1.54) is 5.56 Å². The summed E-state index contributed by atoms with van der Waals surface area (Å²) in [6.45, 7) is 2.37. The minimum Gasteiger partial charge on any atom is -0.392 e. The summed E-state index contributed by atoms with van der Waals surface area (Å²) in [5.41, 5.74) is 11.5. The zero-order valence-electron chi connectivity index (χ0n) is 20.7. The number of benzene rings is 3. The van der Waals surface area contributed by atoms with Crippen LogP contribution in [-0.2, 0) is 6.54 Å². The van der Waals surface area contributed by atoms with E-state index < -0.39 is 11.9 Å². The summed E-state index contributed by atoms with van der Waals surface area (Å²) in [5, 5.41) is 9.90. The number of hydrogen-bond donors (Lipinski definition) is 2. The molecule has 1 unspecified atom stereocenters. The van der Waals surface area contributed by atoms with E-state index in [9.17, 15) is 14.7 Å². The highest BCUT2D eigenvalue weighted by molar-refractivity contribution is 6.08. The highest BCUT2D eigenvalue weighted by Gasteiger charge is 2.31. The van der Waals surface area contributed by atoms with E-state index in [1.807, 2.05) is 36.4 Å². The first kappa shape index (κ1) is 24.0. The molecule has 0 aliphatic carbocycles. The number of nitrogens with zero attached hydrogens (tertiary/aromatic N) is 4. The van der Waals surface area contributed by atoms with Gasteiger partial charge >= 0.3 is 0 Å². The number of imidazole rings is 1. The lowest BCUT2D eigenvalue weighted by Gasteiger charge is -2.19. The fraction of sp³-hybridized carbons (Fsp3) is 0.200. The van der Waals surface area contributed by atoms with Crippen molar-refractivity contribution in [2.75, 3.05) is 13.1 Å². The van der Waals surface area contributed by atoms with Crippen molar-refractivity contribution < 1.29 is 14.7 Å². The van der Waals surface area contributed by atoms with E-state index in [2.05, 4.69) is 27.0 Å². The number of ketones is 1. The van der Waals surface area contributed by atoms with Crippen molar-refractivity contribution in [2.24, 2.45) is 10.7 Å². The summed E-state index contributed by atoms with van der Waals surface area (Å²) in [6, 6.07) is 22.4. The SMILES string of the molecule is NC(=O)c1cccc(-n2cnc3c2C(=O)C(c2ccc(-c4ccccc4CN4CC[C@H](O)C4)cc2)N=C3)c1. The molecule has 1 aromatic heterocycles. The van der Waals surface area contributed by atoms with E-state index in [1.54, 1.807) is 41.4 Å². The molecule has 38 heavy (non-hydrogen) atoms. The van der Waals surface area contributed by atoms with Gasteiger partial charge in [0.15, 0.2) is 0 Å². The molecule has 0 radical (unpaired) electrons. The van der Waals surface area contributed by atoms with Crippen LogP contribution in [0.25, 0.3) is 16.8 Å². The predicted octanol–water partition coefficient (Wildman–Crippen LogP) is 3.56. The van der Waals surface area contributed by atoms with Gasteiger partial charge in [0.2, 0.25) is 11.7 Å². The number of aliphatic hydroxyl groups excluding tert-OH is 1. The number of carbonyl (C=O) groups is 2. The maximum atomic E-state index is 13.6. The van der Waals surface area contributed by atoms with Gasteiger partial charge in [-0.25, -0.2) is 4.98 Å². The van der Waals surface area contributed by atoms with Crippen molar-refractivity contribution in [1.29, 1.82) is 0 Å². The Morgan fingerprint density at radius 2 is 1.87 bits per heavy atom. The van der Waals surface area contributed by atoms with Crippen LogP contribution < -0.4 is 5.73 Å². The third-order valence-corrected chi connectivity index (χ3v) is 7.23. The van der Waals surface area contributed by atoms with E-state index in [0.717, 1.165) is 36.2 Å². The number of hydrogen-bond acceptors (Lipinski definition) is 6. The first-order valence-electron chi connectivity index (χ1n) is 12.6. The number of aliphatic hydroxyl groups is 1. The van der Waals surface area contributed by atoms with E-state index in [-0.39, 0.29) is 11.9 Å². The molecule has 3 heterocycles. The van der Waals surface area contributed by atoms with Crippen molar-refractivity contribution in [3.63, 3.8) is 0 Å². The normalized spacial score (nSPS) is 19.0. The maximum absolute atomic E-state index is 13.6. The van der Waals surface area contributed by atoms with Gasteiger partial charge in [-0.15, -0.1) is 0 Å². The van der Waals surface area contributed by atoms with Crippen LogP contribution in [0.15, 0.2) is 84.1 Å². The molecule has 2 aliphatic heterocycles. The van der Waals surface area contributed by atoms with Gasteiger partial charge in [0, 0.05) is 30.9 Å². The summed E-state index contributed by atoms with van der Waals surface area (Å²) in [5.74, 6) is -0.698. The van der Waals surface area contributed by atoms with Gasteiger partial charge < -0.3 is 10.8 Å². The number of fused-ring (bicyclic) bond motifs is 1. The van der Waals surface area contributed by atoms with Gasteiger partial charge in [-0.3, -0.25) is 24.0 Å². The number of nitrogens with two attached hydrogens (primary N) is 1. The van der Waals surface area contributed by atoms with Gasteiger partial charge in [-0.05, 0) is 46.9 Å². The van der Waals surface area contributed by atoms with Crippen LogP contribution in [-0.4, -0.2) is 56.7 Å². The Balaban J connectivity index is 1.27. The number of Topliss-reactive ketones (excluding diaryl/α,β-unsaturated/α-hetero) is 1. The zero-order valence-corrected chi connectivity index (χ0v) is 20.7. The maximum Gasteiger partial charge on any atom is 0.248 e. The smallest absolute Gasteiger partial charge is 0.248 e. The third-order valence-electron chi connectivity index (χ3n) is 7.23. The van der Waals surface area contributed by atoms with Crippen molar-refractivity contribution >= 4 is 17.9 Å². The first-order valence-corrected chi connectivity index (χ1v) is 12.6. The Hall–Kier alpha value is -4.40. The Morgan fingerprint density at radius 1 is 1.05 bits per heavy atom. The molecule has 0 saturated carbocycles. The number of amides is 1. The number of aliphatic imine (C=N–C) groups is 1. The monoisotopic (exact) mass is 505 g/mol. The fourth-order valence-corrected chi connectivity index (χ4v) is 5.27. The van der Waals surface area contributed by atoms with Gasteiger partial charge in [0.25, 0.3) is 0 Å². The topological polar surface area (TPSA) is 114 Å². The Labute approximate surface area is 220 Å². The van der Waals surface area contributed by atoms with Gasteiger partial charge in [-0.2, -0.15) is 0 Å². The van der Waals surface area contributed by atoms with Crippen molar-refractivity contribution in [3.05, 3.63) is 107 Å². The molecule has 1 fully saturated rings. The molecule has 3 aromatic carbocycles. The van der Waals surface area contributed by atoms with Crippen LogP contribution in [0.2, 0.25) is 0 Å². The van der Waals surface area contributed by atoms with E-state index >= 15 is 0 Å². The van der Waals surface area contributed by atoms with Gasteiger partial charge in [-0.1, -0.05) is 54.6 Å². The van der Waals surface area contributed by atoms with E-state index in [0.29, 0.717) is 29.2 Å². The summed E-state index contributed by atoms with van der Waals surface area (Å²) < 4.78 is 1.68. The minimum atomic E-state index is -0.687. The number of carbonyl (C=O) groups excluding carboxylic acids is 2. The minimum absolute atomic E-state index is 0.162. The second kappa shape index (κ2) is 9.81. The highest BCUT2D eigenvalue weighted by Crippen LogP contribution is 2.32. The Morgan fingerprint density at radius 3 is 2.63 bits per heavy atom. The quantitative estimate of drug-likeness (QED) is 0.416. The lowest BCUT2D eigenvalue weighted by atomic mass is 9.94. The molecule has 0 spiro atoms. The summed E-state index contributed by atoms with van der Waals surface area (Å²) in [4.78, 5) is 36.4. The van der Waals surface area contributed by atoms with Crippen molar-refractivity contribution in [2.45, 2.75) is 25.1 Å². The number of β-amino-alcohol motifs (C(OH)–C–C–N with tert-alkyl or cyclic N) is 1. The first-order chi connectivity index (χ1) is 18.5. The largest absolute Gasteiger partial charge is 0.392 e.